The van der Waals surface area contributed by atoms with Crippen LogP contribution >= 0.6 is 0 Å². The van der Waals surface area contributed by atoms with E-state index in [2.05, 4.69) is 22.8 Å². The van der Waals surface area contributed by atoms with Crippen LogP contribution in [0.5, 0.6) is 0 Å². The van der Waals surface area contributed by atoms with Gasteiger partial charge in [0.1, 0.15) is 5.78 Å². The molecule has 1 saturated carbocycles. The van der Waals surface area contributed by atoms with Gasteiger partial charge in [-0.1, -0.05) is 13.0 Å². The Labute approximate surface area is 138 Å². The van der Waals surface area contributed by atoms with Crippen LogP contribution < -0.4 is 10.6 Å². The van der Waals surface area contributed by atoms with Crippen molar-refractivity contribution in [1.82, 2.24) is 5.32 Å². The molecule has 0 spiro atoms. The van der Waals surface area contributed by atoms with E-state index >= 15 is 0 Å². The molecule has 0 heterocycles. The Hall–Kier alpha value is -1.84. The predicted molar refractivity (Wildman–Crippen MR) is 91.7 cm³/mol. The highest BCUT2D eigenvalue weighted by molar-refractivity contribution is 5.90. The van der Waals surface area contributed by atoms with Gasteiger partial charge in [-0.2, -0.15) is 0 Å². The molecular weight excluding hydrogens is 288 g/mol. The normalized spacial score (nSPS) is 26.4. The molecule has 3 aliphatic carbocycles. The topological polar surface area (TPSA) is 58.2 Å². The lowest BCUT2D eigenvalue weighted by Gasteiger charge is -2.40. The summed E-state index contributed by atoms with van der Waals surface area (Å²) in [4.78, 5) is 24.3. The van der Waals surface area contributed by atoms with Crippen LogP contribution in [0.25, 0.3) is 0 Å². The molecule has 1 fully saturated rings. The highest BCUT2D eigenvalue weighted by atomic mass is 16.2. The predicted octanol–water partition coefficient (Wildman–Crippen LogP) is 3.86. The zero-order valence-electron chi connectivity index (χ0n) is 14.4. The number of hydrogen-bond donors (Lipinski definition) is 2. The molecule has 2 amide bonds. The molecule has 124 valence electrons. The molecule has 4 rings (SSSR count). The summed E-state index contributed by atoms with van der Waals surface area (Å²) in [7, 11) is 0. The minimum Gasteiger partial charge on any atom is -0.333 e. The van der Waals surface area contributed by atoms with Gasteiger partial charge in [0.15, 0.2) is 0 Å². The number of rotatable bonds is 1. The lowest BCUT2D eigenvalue weighted by Crippen LogP contribution is -2.43. The van der Waals surface area contributed by atoms with E-state index in [9.17, 15) is 9.59 Å². The van der Waals surface area contributed by atoms with Gasteiger partial charge in [0.05, 0.1) is 0 Å². The van der Waals surface area contributed by atoms with Crippen molar-refractivity contribution in [3.05, 3.63) is 29.3 Å². The number of carbonyl (C=O) groups excluding carboxylic acids is 2. The molecule has 2 N–H and O–H groups in total. The van der Waals surface area contributed by atoms with Gasteiger partial charge in [0, 0.05) is 23.1 Å². The van der Waals surface area contributed by atoms with Gasteiger partial charge in [0.2, 0.25) is 0 Å². The molecule has 2 bridgehead atoms. The summed E-state index contributed by atoms with van der Waals surface area (Å²) in [6, 6.07) is 5.93. The summed E-state index contributed by atoms with van der Waals surface area (Å²) in [5, 5.41) is 5.83. The molecule has 23 heavy (non-hydrogen) atoms. The van der Waals surface area contributed by atoms with Crippen LogP contribution in [-0.4, -0.2) is 17.4 Å². The highest BCUT2D eigenvalue weighted by Gasteiger charge is 2.40. The first-order chi connectivity index (χ1) is 10.7. The van der Waals surface area contributed by atoms with Gasteiger partial charge in [-0.25, -0.2) is 4.79 Å². The Balaban J connectivity index is 1.79. The number of hydrogen-bond acceptors (Lipinski definition) is 2. The first-order valence-corrected chi connectivity index (χ1v) is 8.48. The SMILES string of the molecule is CC1Cc2ccc(NC(=O)NC(C)(C)C)cc2C2CC(C2)C1=O. The van der Waals surface area contributed by atoms with Crippen molar-refractivity contribution in [2.45, 2.75) is 58.4 Å². The Morgan fingerprint density at radius 3 is 2.52 bits per heavy atom. The highest BCUT2D eigenvalue weighted by Crippen LogP contribution is 2.47. The first-order valence-electron chi connectivity index (χ1n) is 8.48. The van der Waals surface area contributed by atoms with Gasteiger partial charge in [-0.3, -0.25) is 4.79 Å². The quantitative estimate of drug-likeness (QED) is 0.827. The standard InChI is InChI=1S/C19H26N2O2/c1-11-7-12-5-6-15(20-18(23)21-19(2,3)4)10-16(12)13-8-14(9-13)17(11)22/h5-6,10-11,13-14H,7-9H2,1-4H3,(H2,20,21,23). The van der Waals surface area contributed by atoms with Crippen LogP contribution in [0.2, 0.25) is 0 Å². The van der Waals surface area contributed by atoms with Crippen LogP contribution in [-0.2, 0) is 11.2 Å². The number of nitrogens with one attached hydrogen (secondary N) is 2. The average molecular weight is 314 g/mol. The third-order valence-corrected chi connectivity index (χ3v) is 4.88. The second-order valence-corrected chi connectivity index (χ2v) is 8.12. The van der Waals surface area contributed by atoms with E-state index in [1.165, 1.54) is 11.1 Å². The fourth-order valence-corrected chi connectivity index (χ4v) is 3.68. The van der Waals surface area contributed by atoms with E-state index < -0.39 is 0 Å². The lowest BCUT2D eigenvalue weighted by molar-refractivity contribution is -0.129. The second-order valence-electron chi connectivity index (χ2n) is 8.12. The summed E-state index contributed by atoms with van der Waals surface area (Å²) < 4.78 is 0. The van der Waals surface area contributed by atoms with Crippen molar-refractivity contribution >= 4 is 17.5 Å². The molecule has 4 heteroatoms. The summed E-state index contributed by atoms with van der Waals surface area (Å²) in [5.41, 5.74) is 3.14. The summed E-state index contributed by atoms with van der Waals surface area (Å²) >= 11 is 0. The van der Waals surface area contributed by atoms with Crippen molar-refractivity contribution in [2.75, 3.05) is 5.32 Å². The minimum atomic E-state index is -0.259. The van der Waals surface area contributed by atoms with E-state index in [1.807, 2.05) is 33.8 Å². The van der Waals surface area contributed by atoms with Crippen molar-refractivity contribution in [2.24, 2.45) is 11.8 Å². The fraction of sp³-hybridized carbons (Fsp3) is 0.579. The number of urea groups is 1. The van der Waals surface area contributed by atoms with Crippen LogP contribution in [0.1, 0.15) is 57.6 Å². The molecule has 0 aliphatic heterocycles. The summed E-state index contributed by atoms with van der Waals surface area (Å²) in [5.74, 6) is 1.25. The Morgan fingerprint density at radius 1 is 1.17 bits per heavy atom. The minimum absolute atomic E-state index is 0.1000. The third-order valence-electron chi connectivity index (χ3n) is 4.88. The Morgan fingerprint density at radius 2 is 1.87 bits per heavy atom. The number of carbonyl (C=O) groups is 2. The molecule has 1 aromatic carbocycles. The van der Waals surface area contributed by atoms with Crippen LogP contribution in [0.4, 0.5) is 10.5 Å². The zero-order chi connectivity index (χ0) is 16.8. The van der Waals surface area contributed by atoms with Crippen molar-refractivity contribution in [3.63, 3.8) is 0 Å². The number of amides is 2. The van der Waals surface area contributed by atoms with E-state index in [1.54, 1.807) is 0 Å². The number of Topliss-reactive ketones (excluding diaryl/α,β-unsaturated/α-hetero) is 1. The van der Waals surface area contributed by atoms with E-state index in [0.717, 1.165) is 24.9 Å². The Kier molecular flexibility index (Phi) is 3.95. The number of fused-ring (bicyclic) bond motifs is 2. The molecule has 0 saturated heterocycles. The van der Waals surface area contributed by atoms with Gasteiger partial charge in [0.25, 0.3) is 0 Å². The largest absolute Gasteiger partial charge is 0.333 e. The average Bonchev–Trinajstić information content (AvgIpc) is 2.35. The van der Waals surface area contributed by atoms with E-state index in [-0.39, 0.29) is 23.4 Å². The van der Waals surface area contributed by atoms with Crippen molar-refractivity contribution in [3.8, 4) is 0 Å². The van der Waals surface area contributed by atoms with Gasteiger partial charge in [-0.15, -0.1) is 0 Å². The van der Waals surface area contributed by atoms with Crippen molar-refractivity contribution in [1.29, 1.82) is 0 Å². The molecule has 1 unspecified atom stereocenters. The molecule has 3 aliphatic rings. The summed E-state index contributed by atoms with van der Waals surface area (Å²) in [6.45, 7) is 7.91. The number of benzene rings is 1. The molecule has 0 aromatic heterocycles. The van der Waals surface area contributed by atoms with Gasteiger partial charge in [-0.05, 0) is 69.2 Å². The maximum absolute atomic E-state index is 12.2. The van der Waals surface area contributed by atoms with E-state index in [0.29, 0.717) is 11.7 Å². The van der Waals surface area contributed by atoms with Gasteiger partial charge < -0.3 is 10.6 Å². The monoisotopic (exact) mass is 314 g/mol. The molecular formula is C19H26N2O2. The molecule has 4 nitrogen and oxygen atoms in total. The smallest absolute Gasteiger partial charge is 0.319 e. The van der Waals surface area contributed by atoms with Gasteiger partial charge >= 0.3 is 6.03 Å². The van der Waals surface area contributed by atoms with Crippen LogP contribution in [0.3, 0.4) is 0 Å². The lowest BCUT2D eigenvalue weighted by atomic mass is 9.64. The molecule has 1 aromatic rings. The Bertz CT molecular complexity index is 639. The zero-order valence-corrected chi connectivity index (χ0v) is 14.4. The molecule has 0 radical (unpaired) electrons. The number of anilines is 1. The fourth-order valence-electron chi connectivity index (χ4n) is 3.68. The second kappa shape index (κ2) is 5.66. The van der Waals surface area contributed by atoms with Crippen molar-refractivity contribution < 1.29 is 9.59 Å². The maximum Gasteiger partial charge on any atom is 0.319 e. The first kappa shape index (κ1) is 16.0. The van der Waals surface area contributed by atoms with E-state index in [4.69, 9.17) is 0 Å². The van der Waals surface area contributed by atoms with Crippen LogP contribution in [0.15, 0.2) is 18.2 Å². The summed E-state index contributed by atoms with van der Waals surface area (Å²) in [6.07, 6.45) is 2.75. The van der Waals surface area contributed by atoms with Crippen LogP contribution in [0, 0.1) is 11.8 Å². The third kappa shape index (κ3) is 3.41. The maximum atomic E-state index is 12.2. The number of ketones is 1. The molecule has 1 atom stereocenters.